The second kappa shape index (κ2) is 6.60. The molecule has 1 aromatic carbocycles. The van der Waals surface area contributed by atoms with Gasteiger partial charge in [0.1, 0.15) is 5.75 Å². The average molecular weight is 268 g/mol. The zero-order valence-electron chi connectivity index (χ0n) is 12.9. The normalized spacial score (nSPS) is 19.4. The third-order valence-corrected chi connectivity index (χ3v) is 4.15. The standard InChI is InChI=1S/C19H24O/c1-5-14(2)16-7-6-8-17(10-9-16)19-12-11-18(20-4)13-15(19)3/h6-14,16H,5H2,1-4H3. The Morgan fingerprint density at radius 1 is 1.25 bits per heavy atom. The highest BCUT2D eigenvalue weighted by Gasteiger charge is 2.11. The fraction of sp³-hybridized carbons (Fsp3) is 0.368. The van der Waals surface area contributed by atoms with E-state index in [9.17, 15) is 0 Å². The topological polar surface area (TPSA) is 9.23 Å². The van der Waals surface area contributed by atoms with Crippen LogP contribution in [0.25, 0.3) is 5.57 Å². The van der Waals surface area contributed by atoms with E-state index >= 15 is 0 Å². The first-order chi connectivity index (χ1) is 9.65. The summed E-state index contributed by atoms with van der Waals surface area (Å²) < 4.78 is 5.27. The minimum Gasteiger partial charge on any atom is -0.497 e. The van der Waals surface area contributed by atoms with Crippen molar-refractivity contribution in [1.29, 1.82) is 0 Å². The second-order valence-electron chi connectivity index (χ2n) is 5.51. The molecule has 0 aliphatic heterocycles. The SMILES string of the molecule is CCC(C)C1C=CC=C(c2ccc(OC)cc2C)C=C1. The van der Waals surface area contributed by atoms with Crippen molar-refractivity contribution in [1.82, 2.24) is 0 Å². The summed E-state index contributed by atoms with van der Waals surface area (Å²) in [5.41, 5.74) is 3.79. The Balaban J connectivity index is 2.27. The van der Waals surface area contributed by atoms with Gasteiger partial charge in [0.05, 0.1) is 7.11 Å². The van der Waals surface area contributed by atoms with Crippen molar-refractivity contribution in [2.75, 3.05) is 7.11 Å². The van der Waals surface area contributed by atoms with Crippen LogP contribution in [0.5, 0.6) is 5.75 Å². The summed E-state index contributed by atoms with van der Waals surface area (Å²) in [6, 6.07) is 6.25. The first-order valence-electron chi connectivity index (χ1n) is 7.37. The van der Waals surface area contributed by atoms with Gasteiger partial charge in [-0.15, -0.1) is 0 Å². The maximum absolute atomic E-state index is 5.27. The van der Waals surface area contributed by atoms with Crippen LogP contribution in [0.3, 0.4) is 0 Å². The fourth-order valence-electron chi connectivity index (χ4n) is 2.54. The van der Waals surface area contributed by atoms with Gasteiger partial charge in [0.2, 0.25) is 0 Å². The van der Waals surface area contributed by atoms with Crippen LogP contribution in [0, 0.1) is 18.8 Å². The van der Waals surface area contributed by atoms with Crippen molar-refractivity contribution in [3.8, 4) is 5.75 Å². The van der Waals surface area contributed by atoms with Gasteiger partial charge in [-0.05, 0) is 47.6 Å². The predicted octanol–water partition coefficient (Wildman–Crippen LogP) is 5.18. The summed E-state index contributed by atoms with van der Waals surface area (Å²) in [5, 5.41) is 0. The molecule has 0 radical (unpaired) electrons. The molecule has 0 saturated heterocycles. The molecule has 0 amide bonds. The lowest BCUT2D eigenvalue weighted by Crippen LogP contribution is -2.04. The Morgan fingerprint density at radius 2 is 2.05 bits per heavy atom. The zero-order chi connectivity index (χ0) is 14.5. The van der Waals surface area contributed by atoms with E-state index in [0.717, 1.165) is 5.75 Å². The van der Waals surface area contributed by atoms with Crippen LogP contribution in [-0.4, -0.2) is 7.11 Å². The van der Waals surface area contributed by atoms with E-state index in [1.54, 1.807) is 7.11 Å². The lowest BCUT2D eigenvalue weighted by atomic mass is 9.91. The Labute approximate surface area is 122 Å². The number of hydrogen-bond donors (Lipinski definition) is 0. The summed E-state index contributed by atoms with van der Waals surface area (Å²) in [6.45, 7) is 6.69. The van der Waals surface area contributed by atoms with E-state index in [1.165, 1.54) is 23.1 Å². The lowest BCUT2D eigenvalue weighted by molar-refractivity contribution is 0.414. The number of benzene rings is 1. The molecule has 0 bridgehead atoms. The molecule has 0 heterocycles. The van der Waals surface area contributed by atoms with Crippen molar-refractivity contribution in [3.05, 3.63) is 59.7 Å². The zero-order valence-corrected chi connectivity index (χ0v) is 12.9. The summed E-state index contributed by atoms with van der Waals surface area (Å²) >= 11 is 0. The first kappa shape index (κ1) is 14.6. The van der Waals surface area contributed by atoms with Gasteiger partial charge in [-0.3, -0.25) is 0 Å². The van der Waals surface area contributed by atoms with E-state index in [0.29, 0.717) is 11.8 Å². The van der Waals surface area contributed by atoms with Gasteiger partial charge < -0.3 is 4.74 Å². The molecular weight excluding hydrogens is 244 g/mol. The van der Waals surface area contributed by atoms with Gasteiger partial charge in [0.15, 0.2) is 0 Å². The van der Waals surface area contributed by atoms with E-state index in [2.05, 4.69) is 63.3 Å². The van der Waals surface area contributed by atoms with Gasteiger partial charge in [-0.1, -0.05) is 56.7 Å². The van der Waals surface area contributed by atoms with E-state index in [4.69, 9.17) is 4.74 Å². The summed E-state index contributed by atoms with van der Waals surface area (Å²) in [5.74, 6) is 2.14. The highest BCUT2D eigenvalue weighted by atomic mass is 16.5. The van der Waals surface area contributed by atoms with Crippen LogP contribution in [0.15, 0.2) is 48.6 Å². The smallest absolute Gasteiger partial charge is 0.119 e. The Kier molecular flexibility index (Phi) is 4.84. The number of allylic oxidation sites excluding steroid dienone is 6. The minimum atomic E-state index is 0.535. The Hall–Kier alpha value is -1.76. The lowest BCUT2D eigenvalue weighted by Gasteiger charge is -2.14. The molecule has 106 valence electrons. The summed E-state index contributed by atoms with van der Waals surface area (Å²) in [7, 11) is 1.71. The van der Waals surface area contributed by atoms with E-state index < -0.39 is 0 Å². The Bertz CT molecular complexity index is 549. The van der Waals surface area contributed by atoms with Crippen LogP contribution in [0.4, 0.5) is 0 Å². The third-order valence-electron chi connectivity index (χ3n) is 4.15. The maximum Gasteiger partial charge on any atom is 0.119 e. The van der Waals surface area contributed by atoms with Crippen molar-refractivity contribution >= 4 is 5.57 Å². The number of hydrogen-bond acceptors (Lipinski definition) is 1. The van der Waals surface area contributed by atoms with E-state index in [-0.39, 0.29) is 0 Å². The first-order valence-corrected chi connectivity index (χ1v) is 7.37. The molecule has 0 saturated carbocycles. The van der Waals surface area contributed by atoms with Gasteiger partial charge in [-0.2, -0.15) is 0 Å². The minimum absolute atomic E-state index is 0.535. The molecule has 2 rings (SSSR count). The highest BCUT2D eigenvalue weighted by Crippen LogP contribution is 2.28. The van der Waals surface area contributed by atoms with Crippen LogP contribution in [0.2, 0.25) is 0 Å². The molecule has 0 aromatic heterocycles. The molecule has 0 spiro atoms. The largest absolute Gasteiger partial charge is 0.497 e. The number of rotatable bonds is 4. The van der Waals surface area contributed by atoms with Gasteiger partial charge >= 0.3 is 0 Å². The van der Waals surface area contributed by atoms with Crippen molar-refractivity contribution in [2.45, 2.75) is 27.2 Å². The maximum atomic E-state index is 5.27. The van der Waals surface area contributed by atoms with Gasteiger partial charge in [0, 0.05) is 0 Å². The molecule has 1 nitrogen and oxygen atoms in total. The second-order valence-corrected chi connectivity index (χ2v) is 5.51. The monoisotopic (exact) mass is 268 g/mol. The molecule has 0 fully saturated rings. The molecule has 20 heavy (non-hydrogen) atoms. The molecule has 1 aliphatic rings. The van der Waals surface area contributed by atoms with Crippen molar-refractivity contribution in [3.63, 3.8) is 0 Å². The van der Waals surface area contributed by atoms with Gasteiger partial charge in [-0.25, -0.2) is 0 Å². The summed E-state index contributed by atoms with van der Waals surface area (Å²) in [4.78, 5) is 0. The van der Waals surface area contributed by atoms with Gasteiger partial charge in [0.25, 0.3) is 0 Å². The van der Waals surface area contributed by atoms with Crippen LogP contribution < -0.4 is 4.74 Å². The average Bonchev–Trinajstić information content (AvgIpc) is 2.72. The fourth-order valence-corrected chi connectivity index (χ4v) is 2.54. The number of aryl methyl sites for hydroxylation is 1. The quantitative estimate of drug-likeness (QED) is 0.731. The van der Waals surface area contributed by atoms with Crippen LogP contribution >= 0.6 is 0 Å². The number of ether oxygens (including phenoxy) is 1. The molecular formula is C19H24O. The number of methoxy groups -OCH3 is 1. The molecule has 1 aliphatic carbocycles. The third kappa shape index (κ3) is 3.22. The molecule has 1 heteroatoms. The van der Waals surface area contributed by atoms with E-state index in [1.807, 2.05) is 6.07 Å². The van der Waals surface area contributed by atoms with Crippen LogP contribution in [0.1, 0.15) is 31.4 Å². The van der Waals surface area contributed by atoms with Crippen molar-refractivity contribution < 1.29 is 4.74 Å². The molecule has 2 atom stereocenters. The Morgan fingerprint density at radius 3 is 2.70 bits per heavy atom. The summed E-state index contributed by atoms with van der Waals surface area (Å²) in [6.07, 6.45) is 12.5. The molecule has 0 N–H and O–H groups in total. The highest BCUT2D eigenvalue weighted by molar-refractivity contribution is 5.78. The van der Waals surface area contributed by atoms with Crippen LogP contribution in [-0.2, 0) is 0 Å². The predicted molar refractivity (Wildman–Crippen MR) is 86.9 cm³/mol. The molecule has 2 unspecified atom stereocenters. The molecule has 1 aromatic rings. The van der Waals surface area contributed by atoms with Crippen molar-refractivity contribution in [2.24, 2.45) is 11.8 Å².